The van der Waals surface area contributed by atoms with Crippen molar-refractivity contribution in [1.82, 2.24) is 15.5 Å². The van der Waals surface area contributed by atoms with Gasteiger partial charge in [0.2, 0.25) is 11.8 Å². The van der Waals surface area contributed by atoms with Crippen LogP contribution in [-0.4, -0.2) is 52.7 Å². The third kappa shape index (κ3) is 11.4. The van der Waals surface area contributed by atoms with E-state index in [2.05, 4.69) is 17.6 Å². The van der Waals surface area contributed by atoms with E-state index < -0.39 is 36.3 Å². The SMILES string of the molecule is CCCCCCCCN(C(=O)C(CO)NC(=O)OC(C)(C)C)C(C(=O)NCc1ccccc1)c1cccc(C)c1. The summed E-state index contributed by atoms with van der Waals surface area (Å²) in [6.07, 6.45) is 5.22. The molecule has 0 aromatic heterocycles. The highest BCUT2D eigenvalue weighted by Gasteiger charge is 2.36. The van der Waals surface area contributed by atoms with Crippen molar-refractivity contribution in [3.63, 3.8) is 0 Å². The molecule has 3 amide bonds. The van der Waals surface area contributed by atoms with Crippen LogP contribution in [0, 0.1) is 6.92 Å². The van der Waals surface area contributed by atoms with Crippen LogP contribution in [0.2, 0.25) is 0 Å². The Bertz CT molecular complexity index is 1070. The van der Waals surface area contributed by atoms with E-state index in [1.54, 1.807) is 20.8 Å². The van der Waals surface area contributed by atoms with E-state index in [0.717, 1.165) is 43.2 Å². The highest BCUT2D eigenvalue weighted by Crippen LogP contribution is 2.25. The lowest BCUT2D eigenvalue weighted by Crippen LogP contribution is -2.54. The molecule has 8 nitrogen and oxygen atoms in total. The van der Waals surface area contributed by atoms with Crippen LogP contribution in [0.5, 0.6) is 0 Å². The number of carbonyl (C=O) groups excluding carboxylic acids is 3. The summed E-state index contributed by atoms with van der Waals surface area (Å²) in [6, 6.07) is 14.9. The van der Waals surface area contributed by atoms with Crippen molar-refractivity contribution in [3.05, 3.63) is 71.3 Å². The summed E-state index contributed by atoms with van der Waals surface area (Å²) in [5.41, 5.74) is 1.79. The van der Waals surface area contributed by atoms with Gasteiger partial charge >= 0.3 is 6.09 Å². The van der Waals surface area contributed by atoms with E-state index in [0.29, 0.717) is 25.1 Å². The summed E-state index contributed by atoms with van der Waals surface area (Å²) < 4.78 is 5.32. The normalized spacial score (nSPS) is 12.8. The fourth-order valence-electron chi connectivity index (χ4n) is 4.46. The van der Waals surface area contributed by atoms with E-state index in [1.807, 2.05) is 61.5 Å². The Balaban J connectivity index is 2.37. The average Bonchev–Trinajstić information content (AvgIpc) is 2.91. The monoisotopic (exact) mass is 553 g/mol. The number of aliphatic hydroxyl groups excluding tert-OH is 1. The Kier molecular flexibility index (Phi) is 13.7. The van der Waals surface area contributed by atoms with Crippen LogP contribution >= 0.6 is 0 Å². The van der Waals surface area contributed by atoms with Gasteiger partial charge in [0.15, 0.2) is 0 Å². The molecule has 0 aliphatic rings. The number of ether oxygens (including phenoxy) is 1. The van der Waals surface area contributed by atoms with Gasteiger partial charge in [-0.3, -0.25) is 9.59 Å². The molecule has 40 heavy (non-hydrogen) atoms. The van der Waals surface area contributed by atoms with Crippen molar-refractivity contribution in [2.75, 3.05) is 13.2 Å². The summed E-state index contributed by atoms with van der Waals surface area (Å²) in [7, 11) is 0. The third-order valence-electron chi connectivity index (χ3n) is 6.43. The molecule has 0 aliphatic heterocycles. The van der Waals surface area contributed by atoms with E-state index in [-0.39, 0.29) is 5.91 Å². The number of carbonyl (C=O) groups is 3. The van der Waals surface area contributed by atoms with Crippen LogP contribution in [0.15, 0.2) is 54.6 Å². The Morgan fingerprint density at radius 3 is 2.25 bits per heavy atom. The number of alkyl carbamates (subject to hydrolysis) is 1. The van der Waals surface area contributed by atoms with Crippen molar-refractivity contribution in [2.45, 2.75) is 97.4 Å². The van der Waals surface area contributed by atoms with Gasteiger partial charge in [-0.1, -0.05) is 99.2 Å². The Morgan fingerprint density at radius 2 is 1.62 bits per heavy atom. The zero-order chi connectivity index (χ0) is 29.5. The highest BCUT2D eigenvalue weighted by atomic mass is 16.6. The third-order valence-corrected chi connectivity index (χ3v) is 6.43. The zero-order valence-electron chi connectivity index (χ0n) is 24.7. The smallest absolute Gasteiger partial charge is 0.408 e. The molecule has 2 atom stereocenters. The molecule has 0 heterocycles. The molecule has 220 valence electrons. The minimum atomic E-state index is -1.26. The van der Waals surface area contributed by atoms with Gasteiger partial charge in [0.25, 0.3) is 0 Å². The molecule has 2 unspecified atom stereocenters. The minimum Gasteiger partial charge on any atom is -0.444 e. The predicted octanol–water partition coefficient (Wildman–Crippen LogP) is 5.43. The summed E-state index contributed by atoms with van der Waals surface area (Å²) in [5, 5.41) is 15.6. The highest BCUT2D eigenvalue weighted by molar-refractivity contribution is 5.92. The number of benzene rings is 2. The molecule has 2 aromatic rings. The number of amides is 3. The number of unbranched alkanes of at least 4 members (excludes halogenated alkanes) is 5. The van der Waals surface area contributed by atoms with Crippen LogP contribution in [0.4, 0.5) is 4.79 Å². The van der Waals surface area contributed by atoms with Crippen LogP contribution in [0.3, 0.4) is 0 Å². The van der Waals surface area contributed by atoms with Gasteiger partial charge in [-0.05, 0) is 45.2 Å². The first-order chi connectivity index (χ1) is 19.1. The van der Waals surface area contributed by atoms with E-state index >= 15 is 0 Å². The lowest BCUT2D eigenvalue weighted by molar-refractivity contribution is -0.143. The van der Waals surface area contributed by atoms with Crippen molar-refractivity contribution in [2.24, 2.45) is 0 Å². The topological polar surface area (TPSA) is 108 Å². The van der Waals surface area contributed by atoms with E-state index in [1.165, 1.54) is 4.90 Å². The number of nitrogens with zero attached hydrogens (tertiary/aromatic N) is 1. The summed E-state index contributed by atoms with van der Waals surface area (Å²) in [5.74, 6) is -0.869. The van der Waals surface area contributed by atoms with Crippen LogP contribution in [-0.2, 0) is 20.9 Å². The molecule has 0 radical (unpaired) electrons. The van der Waals surface area contributed by atoms with Gasteiger partial charge < -0.3 is 25.4 Å². The van der Waals surface area contributed by atoms with Crippen LogP contribution in [0.1, 0.15) is 89.0 Å². The van der Waals surface area contributed by atoms with E-state index in [9.17, 15) is 19.5 Å². The summed E-state index contributed by atoms with van der Waals surface area (Å²) >= 11 is 0. The van der Waals surface area contributed by atoms with Gasteiger partial charge in [0.05, 0.1) is 6.61 Å². The molecular weight excluding hydrogens is 506 g/mol. The summed E-state index contributed by atoms with van der Waals surface area (Å²) in [4.78, 5) is 41.7. The van der Waals surface area contributed by atoms with Gasteiger partial charge in [0, 0.05) is 13.1 Å². The molecule has 0 fully saturated rings. The lowest BCUT2D eigenvalue weighted by Gasteiger charge is -2.34. The van der Waals surface area contributed by atoms with Crippen molar-refractivity contribution in [3.8, 4) is 0 Å². The number of nitrogens with one attached hydrogen (secondary N) is 2. The number of hydrogen-bond acceptors (Lipinski definition) is 5. The van der Waals surface area contributed by atoms with Gasteiger partial charge in [0.1, 0.15) is 17.7 Å². The molecule has 0 saturated heterocycles. The van der Waals surface area contributed by atoms with Crippen molar-refractivity contribution < 1.29 is 24.2 Å². The molecule has 2 aromatic carbocycles. The second-order valence-corrected chi connectivity index (χ2v) is 11.2. The van der Waals surface area contributed by atoms with E-state index in [4.69, 9.17) is 4.74 Å². The lowest BCUT2D eigenvalue weighted by atomic mass is 10.00. The number of aryl methyl sites for hydroxylation is 1. The quantitative estimate of drug-likeness (QED) is 0.255. The van der Waals surface area contributed by atoms with Gasteiger partial charge in [-0.2, -0.15) is 0 Å². The maximum absolute atomic E-state index is 13.9. The van der Waals surface area contributed by atoms with Crippen molar-refractivity contribution in [1.29, 1.82) is 0 Å². The number of aliphatic hydroxyl groups is 1. The largest absolute Gasteiger partial charge is 0.444 e. The first-order valence-corrected chi connectivity index (χ1v) is 14.3. The maximum Gasteiger partial charge on any atom is 0.408 e. The van der Waals surface area contributed by atoms with Crippen molar-refractivity contribution >= 4 is 17.9 Å². The van der Waals surface area contributed by atoms with Crippen LogP contribution < -0.4 is 10.6 Å². The average molecular weight is 554 g/mol. The first-order valence-electron chi connectivity index (χ1n) is 14.3. The Morgan fingerprint density at radius 1 is 0.950 bits per heavy atom. The maximum atomic E-state index is 13.9. The Hall–Kier alpha value is -3.39. The number of hydrogen-bond donors (Lipinski definition) is 3. The molecule has 0 bridgehead atoms. The first kappa shape index (κ1) is 32.8. The molecule has 0 spiro atoms. The van der Waals surface area contributed by atoms with Gasteiger partial charge in [-0.25, -0.2) is 4.79 Å². The Labute approximate surface area is 239 Å². The minimum absolute atomic E-state index is 0.300. The number of rotatable bonds is 15. The molecule has 2 rings (SSSR count). The van der Waals surface area contributed by atoms with Crippen LogP contribution in [0.25, 0.3) is 0 Å². The standard InChI is InChI=1S/C32H47N3O5/c1-6-7-8-9-10-14-20-35(30(38)27(23-36)34-31(39)40-32(3,4)5)28(26-19-15-16-24(2)21-26)29(37)33-22-25-17-12-11-13-18-25/h11-13,15-19,21,27-28,36H,6-10,14,20,22-23H2,1-5H3,(H,33,37)(H,34,39). The second-order valence-electron chi connectivity index (χ2n) is 11.2. The fourth-order valence-corrected chi connectivity index (χ4v) is 4.46. The summed E-state index contributed by atoms with van der Waals surface area (Å²) in [6.45, 7) is 9.23. The fraction of sp³-hybridized carbons (Fsp3) is 0.531. The molecule has 0 aliphatic carbocycles. The molecule has 3 N–H and O–H groups in total. The van der Waals surface area contributed by atoms with Gasteiger partial charge in [-0.15, -0.1) is 0 Å². The zero-order valence-corrected chi connectivity index (χ0v) is 24.7. The second kappa shape index (κ2) is 16.7. The molecule has 8 heteroatoms. The molecular formula is C32H47N3O5. The molecule has 0 saturated carbocycles. The predicted molar refractivity (Wildman–Crippen MR) is 158 cm³/mol.